The number of β-amino-alcohol motifs (C(OH)–C–C–N with tert-alkyl or cyclic N) is 1. The van der Waals surface area contributed by atoms with Crippen LogP contribution in [0.15, 0.2) is 29.1 Å². The van der Waals surface area contributed by atoms with Crippen molar-refractivity contribution in [3.8, 4) is 0 Å². The number of aryl methyl sites for hydroxylation is 1. The van der Waals surface area contributed by atoms with Crippen LogP contribution >= 0.6 is 0 Å². The zero-order valence-corrected chi connectivity index (χ0v) is 19.6. The predicted octanol–water partition coefficient (Wildman–Crippen LogP) is 1.70. The quantitative estimate of drug-likeness (QED) is 0.684. The number of amides is 1. The lowest BCUT2D eigenvalue weighted by atomic mass is 9.71. The van der Waals surface area contributed by atoms with Crippen molar-refractivity contribution in [1.29, 1.82) is 0 Å². The Hall–Kier alpha value is -3.04. The number of benzene rings is 1. The van der Waals surface area contributed by atoms with E-state index in [1.807, 2.05) is 13.0 Å². The van der Waals surface area contributed by atoms with E-state index in [1.54, 1.807) is 24.1 Å². The molecule has 0 aliphatic carbocycles. The van der Waals surface area contributed by atoms with Gasteiger partial charge in [-0.2, -0.15) is 5.10 Å². The number of aliphatic hydroxyl groups excluding tert-OH is 1. The fraction of sp³-hybridized carbons (Fsp3) is 0.520. The number of cyclic esters (lactones) is 1. The Morgan fingerprint density at radius 1 is 1.09 bits per heavy atom. The fourth-order valence-corrected chi connectivity index (χ4v) is 5.62. The van der Waals surface area contributed by atoms with Crippen LogP contribution in [0.1, 0.15) is 58.8 Å². The molecule has 180 valence electrons. The van der Waals surface area contributed by atoms with E-state index in [9.17, 15) is 19.5 Å². The van der Waals surface area contributed by atoms with E-state index >= 15 is 0 Å². The van der Waals surface area contributed by atoms with Gasteiger partial charge in [-0.05, 0) is 69.0 Å². The van der Waals surface area contributed by atoms with Gasteiger partial charge in [-0.15, -0.1) is 0 Å². The third kappa shape index (κ3) is 3.82. The molecule has 0 bridgehead atoms. The molecule has 1 aromatic heterocycles. The average molecular weight is 467 g/mol. The first kappa shape index (κ1) is 22.7. The third-order valence-electron chi connectivity index (χ3n) is 7.77. The Morgan fingerprint density at radius 3 is 2.59 bits per heavy atom. The summed E-state index contributed by atoms with van der Waals surface area (Å²) in [5.41, 5.74) is 2.55. The van der Waals surface area contributed by atoms with Crippen molar-refractivity contribution in [1.82, 2.24) is 14.7 Å². The molecule has 1 N–H and O–H groups in total. The van der Waals surface area contributed by atoms with Crippen LogP contribution in [-0.4, -0.2) is 57.8 Å². The molecule has 2 fully saturated rings. The number of hydrogen-bond acceptors (Lipinski definition) is 7. The topological polar surface area (TPSA) is 105 Å². The maximum atomic E-state index is 13.5. The third-order valence-corrected chi connectivity index (χ3v) is 7.77. The summed E-state index contributed by atoms with van der Waals surface area (Å²) in [6.45, 7) is 4.72. The fourth-order valence-electron chi connectivity index (χ4n) is 5.62. The van der Waals surface area contributed by atoms with Crippen LogP contribution in [-0.2, 0) is 23.2 Å². The van der Waals surface area contributed by atoms with E-state index in [0.29, 0.717) is 24.5 Å². The maximum absolute atomic E-state index is 13.5. The van der Waals surface area contributed by atoms with Gasteiger partial charge in [-0.1, -0.05) is 6.07 Å². The van der Waals surface area contributed by atoms with Gasteiger partial charge in [0.05, 0.1) is 17.1 Å². The normalized spacial score (nSPS) is 21.0. The van der Waals surface area contributed by atoms with Crippen LogP contribution in [0.2, 0.25) is 0 Å². The number of likely N-dealkylation sites (tertiary alicyclic amines) is 1. The number of esters is 1. The Bertz CT molecular complexity index is 1200. The number of carbonyl (C=O) groups is 2. The summed E-state index contributed by atoms with van der Waals surface area (Å²) in [5.74, 6) is 0.308. The van der Waals surface area contributed by atoms with Gasteiger partial charge in [0.15, 0.2) is 5.82 Å². The van der Waals surface area contributed by atoms with Gasteiger partial charge in [-0.25, -0.2) is 9.48 Å². The van der Waals surface area contributed by atoms with E-state index in [0.717, 1.165) is 55.5 Å². The van der Waals surface area contributed by atoms with Crippen molar-refractivity contribution >= 4 is 17.7 Å². The van der Waals surface area contributed by atoms with Crippen LogP contribution in [0.25, 0.3) is 0 Å². The largest absolute Gasteiger partial charge is 0.457 e. The van der Waals surface area contributed by atoms with Gasteiger partial charge < -0.3 is 14.7 Å². The summed E-state index contributed by atoms with van der Waals surface area (Å²) < 4.78 is 6.39. The minimum absolute atomic E-state index is 0.0873. The lowest BCUT2D eigenvalue weighted by Crippen LogP contribution is -2.54. The summed E-state index contributed by atoms with van der Waals surface area (Å²) in [6, 6.07) is 6.63. The highest BCUT2D eigenvalue weighted by Crippen LogP contribution is 2.42. The molecule has 1 amide bonds. The molecule has 2 aromatic rings. The molecule has 1 aromatic carbocycles. The van der Waals surface area contributed by atoms with E-state index in [2.05, 4.69) is 10.00 Å². The second kappa shape index (κ2) is 8.63. The van der Waals surface area contributed by atoms with Crippen molar-refractivity contribution in [3.05, 3.63) is 56.9 Å². The number of fused-ring (bicyclic) bond motifs is 1. The summed E-state index contributed by atoms with van der Waals surface area (Å²) >= 11 is 0. The van der Waals surface area contributed by atoms with Gasteiger partial charge in [0.1, 0.15) is 6.61 Å². The monoisotopic (exact) mass is 466 g/mol. The summed E-state index contributed by atoms with van der Waals surface area (Å²) in [5, 5.41) is 15.3. The zero-order chi connectivity index (χ0) is 24.0. The number of carbonyl (C=O) groups excluding carboxylic acids is 2. The lowest BCUT2D eigenvalue weighted by molar-refractivity contribution is -0.133. The van der Waals surface area contributed by atoms with Gasteiger partial charge in [-0.3, -0.25) is 14.5 Å². The second-order valence-corrected chi connectivity index (χ2v) is 9.69. The molecule has 0 unspecified atom stereocenters. The number of aliphatic hydroxyl groups is 1. The Morgan fingerprint density at radius 2 is 1.85 bits per heavy atom. The summed E-state index contributed by atoms with van der Waals surface area (Å²) in [7, 11) is 1.59. The van der Waals surface area contributed by atoms with Gasteiger partial charge in [0, 0.05) is 31.8 Å². The van der Waals surface area contributed by atoms with E-state index in [-0.39, 0.29) is 24.0 Å². The van der Waals surface area contributed by atoms with Crippen LogP contribution in [0.5, 0.6) is 0 Å². The molecule has 1 atom stereocenters. The first-order valence-electron chi connectivity index (χ1n) is 11.9. The van der Waals surface area contributed by atoms with Crippen LogP contribution in [0, 0.1) is 12.3 Å². The molecule has 0 radical (unpaired) electrons. The molecule has 2 saturated heterocycles. The number of ether oxygens (including phenoxy) is 1. The molecule has 9 nitrogen and oxygen atoms in total. The van der Waals surface area contributed by atoms with Crippen molar-refractivity contribution in [3.63, 3.8) is 0 Å². The van der Waals surface area contributed by atoms with Crippen molar-refractivity contribution in [2.75, 3.05) is 31.1 Å². The molecule has 1 spiro atoms. The van der Waals surface area contributed by atoms with Gasteiger partial charge >= 0.3 is 5.97 Å². The van der Waals surface area contributed by atoms with Crippen LogP contribution in [0.3, 0.4) is 0 Å². The van der Waals surface area contributed by atoms with E-state index in [1.165, 1.54) is 10.7 Å². The highest BCUT2D eigenvalue weighted by atomic mass is 16.5. The maximum Gasteiger partial charge on any atom is 0.338 e. The zero-order valence-electron chi connectivity index (χ0n) is 19.6. The molecule has 4 heterocycles. The molecule has 3 aliphatic heterocycles. The molecular formula is C25H30N4O5. The number of anilines is 1. The predicted molar refractivity (Wildman–Crippen MR) is 124 cm³/mol. The molecule has 3 aliphatic rings. The first-order chi connectivity index (χ1) is 16.3. The van der Waals surface area contributed by atoms with Crippen LogP contribution in [0.4, 0.5) is 5.82 Å². The smallest absolute Gasteiger partial charge is 0.338 e. The van der Waals surface area contributed by atoms with Crippen molar-refractivity contribution in [2.24, 2.45) is 12.5 Å². The first-order valence-corrected chi connectivity index (χ1v) is 11.9. The molecule has 5 rings (SSSR count). The highest BCUT2D eigenvalue weighted by Gasteiger charge is 2.46. The summed E-state index contributed by atoms with van der Waals surface area (Å²) in [6.07, 6.45) is 2.53. The van der Waals surface area contributed by atoms with Gasteiger partial charge in [0.25, 0.3) is 5.56 Å². The standard InChI is InChI=1S/C25H30N4O5/c1-16-17(4-5-18-19(16)15-34-23(18)32)20(30)14-28-12-9-25(10-13-28)8-3-11-29(24(25)33)21-6-7-22(31)27(2)26-21/h4-7,20,30H,3,8-15H2,1-2H3/t20-/m0/s1. The SMILES string of the molecule is Cc1c([C@@H](O)CN2CCC3(CCCN(c4ccc(=O)n(C)n4)C3=O)CC2)ccc2c1COC2=O. The number of aromatic nitrogens is 2. The Balaban J connectivity index is 1.25. The molecule has 34 heavy (non-hydrogen) atoms. The molecular weight excluding hydrogens is 436 g/mol. The number of hydrogen-bond donors (Lipinski definition) is 1. The highest BCUT2D eigenvalue weighted by molar-refractivity contribution is 5.97. The van der Waals surface area contributed by atoms with Gasteiger partial charge in [0.2, 0.25) is 5.91 Å². The Labute approximate surface area is 197 Å². The molecule has 9 heteroatoms. The van der Waals surface area contributed by atoms with Crippen LogP contribution < -0.4 is 10.5 Å². The van der Waals surface area contributed by atoms with Crippen molar-refractivity contribution in [2.45, 2.75) is 45.3 Å². The lowest BCUT2D eigenvalue weighted by Gasteiger charge is -2.46. The average Bonchev–Trinajstić information content (AvgIpc) is 3.21. The second-order valence-electron chi connectivity index (χ2n) is 9.69. The van der Waals surface area contributed by atoms with E-state index < -0.39 is 11.5 Å². The Kier molecular flexibility index (Phi) is 5.77. The summed E-state index contributed by atoms with van der Waals surface area (Å²) in [4.78, 5) is 40.9. The number of rotatable bonds is 4. The van der Waals surface area contributed by atoms with Crippen molar-refractivity contribution < 1.29 is 19.4 Å². The number of piperidine rings is 2. The van der Waals surface area contributed by atoms with E-state index in [4.69, 9.17) is 4.74 Å². The minimum atomic E-state index is -0.677. The minimum Gasteiger partial charge on any atom is -0.457 e. The number of nitrogens with zero attached hydrogens (tertiary/aromatic N) is 4. The molecule has 0 saturated carbocycles.